The Morgan fingerprint density at radius 3 is 2.45 bits per heavy atom. The number of nitrogens with zero attached hydrogens (tertiary/aromatic N) is 1. The summed E-state index contributed by atoms with van der Waals surface area (Å²) in [5.41, 5.74) is 3.46. The SMILES string of the molecule is O=C(Nc1ccccc1C(=O)N/N=C\c1cc(Br)cc(Br)c1O)c1ccc(Cl)cc1Cl. The van der Waals surface area contributed by atoms with E-state index in [0.29, 0.717) is 15.1 Å². The van der Waals surface area contributed by atoms with Crippen molar-refractivity contribution >= 4 is 78.8 Å². The Bertz CT molecular complexity index is 1200. The number of amides is 2. The van der Waals surface area contributed by atoms with Crippen LogP contribution in [0.2, 0.25) is 10.0 Å². The molecule has 0 unspecified atom stereocenters. The molecule has 0 radical (unpaired) electrons. The van der Waals surface area contributed by atoms with Crippen LogP contribution in [0, 0.1) is 0 Å². The minimum atomic E-state index is -0.553. The van der Waals surface area contributed by atoms with Gasteiger partial charge in [-0.2, -0.15) is 5.10 Å². The third-order valence-corrected chi connectivity index (χ3v) is 5.63. The highest BCUT2D eigenvalue weighted by Crippen LogP contribution is 2.30. The number of hydrogen-bond donors (Lipinski definition) is 3. The molecular weight excluding hydrogens is 573 g/mol. The summed E-state index contributed by atoms with van der Waals surface area (Å²) < 4.78 is 1.20. The van der Waals surface area contributed by atoms with Gasteiger partial charge in [0.15, 0.2) is 0 Å². The van der Waals surface area contributed by atoms with Crippen LogP contribution in [0.3, 0.4) is 0 Å². The van der Waals surface area contributed by atoms with Crippen LogP contribution in [-0.4, -0.2) is 23.1 Å². The molecule has 0 aliphatic carbocycles. The number of nitrogens with one attached hydrogen (secondary N) is 2. The highest BCUT2D eigenvalue weighted by atomic mass is 79.9. The maximum Gasteiger partial charge on any atom is 0.273 e. The first kappa shape index (κ1) is 23.3. The minimum Gasteiger partial charge on any atom is -0.506 e. The van der Waals surface area contributed by atoms with E-state index in [1.54, 1.807) is 36.4 Å². The quantitative estimate of drug-likeness (QED) is 0.244. The third-order valence-electron chi connectivity index (χ3n) is 4.02. The average molecular weight is 586 g/mol. The van der Waals surface area contributed by atoms with E-state index in [9.17, 15) is 14.7 Å². The van der Waals surface area contributed by atoms with Crippen molar-refractivity contribution < 1.29 is 14.7 Å². The largest absolute Gasteiger partial charge is 0.506 e. The summed E-state index contributed by atoms with van der Waals surface area (Å²) in [6.07, 6.45) is 1.30. The Kier molecular flexibility index (Phi) is 7.72. The number of halogens is 4. The summed E-state index contributed by atoms with van der Waals surface area (Å²) in [7, 11) is 0. The molecule has 0 aliphatic heterocycles. The maximum atomic E-state index is 12.6. The van der Waals surface area contributed by atoms with Gasteiger partial charge in [-0.05, 0) is 58.4 Å². The van der Waals surface area contributed by atoms with Crippen LogP contribution < -0.4 is 10.7 Å². The summed E-state index contributed by atoms with van der Waals surface area (Å²) in [6, 6.07) is 14.3. The second kappa shape index (κ2) is 10.3. The number of anilines is 1. The Morgan fingerprint density at radius 1 is 0.968 bits per heavy atom. The van der Waals surface area contributed by atoms with E-state index in [2.05, 4.69) is 47.7 Å². The van der Waals surface area contributed by atoms with E-state index >= 15 is 0 Å². The third kappa shape index (κ3) is 5.86. The summed E-state index contributed by atoms with van der Waals surface area (Å²) in [5.74, 6) is -1.06. The van der Waals surface area contributed by atoms with Gasteiger partial charge >= 0.3 is 0 Å². The average Bonchev–Trinajstić information content (AvgIpc) is 2.71. The lowest BCUT2D eigenvalue weighted by atomic mass is 10.1. The molecule has 6 nitrogen and oxygen atoms in total. The molecule has 158 valence electrons. The molecule has 0 saturated heterocycles. The van der Waals surface area contributed by atoms with Crippen LogP contribution in [0.1, 0.15) is 26.3 Å². The summed E-state index contributed by atoms with van der Waals surface area (Å²) in [6.45, 7) is 0. The van der Waals surface area contributed by atoms with Gasteiger partial charge in [-0.25, -0.2) is 5.43 Å². The molecule has 3 aromatic rings. The van der Waals surface area contributed by atoms with Gasteiger partial charge in [0.1, 0.15) is 5.75 Å². The fourth-order valence-electron chi connectivity index (χ4n) is 2.56. The van der Waals surface area contributed by atoms with Crippen molar-refractivity contribution in [3.05, 3.63) is 90.3 Å². The molecule has 0 bridgehead atoms. The predicted octanol–water partition coefficient (Wildman–Crippen LogP) is 6.24. The first-order chi connectivity index (χ1) is 14.8. The number of para-hydroxylation sites is 1. The molecule has 2 amide bonds. The number of carbonyl (C=O) groups is 2. The zero-order valence-corrected chi connectivity index (χ0v) is 20.2. The first-order valence-electron chi connectivity index (χ1n) is 8.63. The topological polar surface area (TPSA) is 90.8 Å². The number of phenols is 1. The fourth-order valence-corrected chi connectivity index (χ4v) is 4.31. The Morgan fingerprint density at radius 2 is 1.71 bits per heavy atom. The number of phenolic OH excluding ortho intramolecular Hbond substituents is 1. The molecule has 3 N–H and O–H groups in total. The minimum absolute atomic E-state index is 0.0197. The number of carbonyl (C=O) groups excluding carboxylic acids is 2. The maximum absolute atomic E-state index is 12.6. The van der Waals surface area contributed by atoms with Gasteiger partial charge < -0.3 is 10.4 Å². The van der Waals surface area contributed by atoms with Crippen LogP contribution >= 0.6 is 55.1 Å². The summed E-state index contributed by atoms with van der Waals surface area (Å²) >= 11 is 18.5. The Hall–Kier alpha value is -2.39. The van der Waals surface area contributed by atoms with Gasteiger partial charge in [-0.15, -0.1) is 0 Å². The molecular formula is C21H13Br2Cl2N3O3. The van der Waals surface area contributed by atoms with Gasteiger partial charge in [-0.3, -0.25) is 9.59 Å². The Balaban J connectivity index is 1.77. The molecule has 10 heteroatoms. The number of hydrogen-bond acceptors (Lipinski definition) is 4. The van der Waals surface area contributed by atoms with Gasteiger partial charge in [0.2, 0.25) is 0 Å². The van der Waals surface area contributed by atoms with Crippen LogP contribution in [0.5, 0.6) is 5.75 Å². The normalized spacial score (nSPS) is 10.8. The number of aromatic hydroxyl groups is 1. The highest BCUT2D eigenvalue weighted by molar-refractivity contribution is 9.11. The van der Waals surface area contributed by atoms with Crippen molar-refractivity contribution in [2.45, 2.75) is 0 Å². The molecule has 0 aliphatic rings. The first-order valence-corrected chi connectivity index (χ1v) is 11.0. The molecule has 0 aromatic heterocycles. The van der Waals surface area contributed by atoms with Crippen molar-refractivity contribution in [2.24, 2.45) is 5.10 Å². The van der Waals surface area contributed by atoms with Crippen LogP contribution in [-0.2, 0) is 0 Å². The molecule has 0 atom stereocenters. The fraction of sp³-hybridized carbons (Fsp3) is 0. The van der Waals surface area contributed by atoms with E-state index in [1.165, 1.54) is 24.4 Å². The van der Waals surface area contributed by atoms with E-state index in [0.717, 1.165) is 4.47 Å². The lowest BCUT2D eigenvalue weighted by Gasteiger charge is -2.11. The van der Waals surface area contributed by atoms with Gasteiger partial charge in [-0.1, -0.05) is 51.3 Å². The highest BCUT2D eigenvalue weighted by Gasteiger charge is 2.16. The van der Waals surface area contributed by atoms with Crippen LogP contribution in [0.4, 0.5) is 5.69 Å². The van der Waals surface area contributed by atoms with Gasteiger partial charge in [0.05, 0.1) is 32.5 Å². The monoisotopic (exact) mass is 583 g/mol. The van der Waals surface area contributed by atoms with E-state index in [1.807, 2.05) is 0 Å². The number of hydrazone groups is 1. The smallest absolute Gasteiger partial charge is 0.273 e. The zero-order chi connectivity index (χ0) is 22.5. The molecule has 0 saturated carbocycles. The van der Waals surface area contributed by atoms with Crippen molar-refractivity contribution in [3.8, 4) is 5.75 Å². The lowest BCUT2D eigenvalue weighted by Crippen LogP contribution is -2.21. The second-order valence-electron chi connectivity index (χ2n) is 6.15. The zero-order valence-electron chi connectivity index (χ0n) is 15.5. The molecule has 3 aromatic carbocycles. The van der Waals surface area contributed by atoms with Crippen LogP contribution in [0.15, 0.2) is 68.6 Å². The van der Waals surface area contributed by atoms with Gasteiger partial charge in [0, 0.05) is 15.1 Å². The molecule has 0 fully saturated rings. The Labute approximate surface area is 204 Å². The van der Waals surface area contributed by atoms with Crippen molar-refractivity contribution in [1.29, 1.82) is 0 Å². The molecule has 0 spiro atoms. The summed E-state index contributed by atoms with van der Waals surface area (Å²) in [5, 5.41) is 17.2. The number of rotatable bonds is 5. The van der Waals surface area contributed by atoms with Gasteiger partial charge in [0.25, 0.3) is 11.8 Å². The van der Waals surface area contributed by atoms with E-state index in [4.69, 9.17) is 23.2 Å². The standard InChI is InChI=1S/C21H13Br2Cl2N3O3/c22-12-7-11(19(29)16(23)8-12)10-26-28-21(31)15-3-1-2-4-18(15)27-20(30)14-6-5-13(24)9-17(14)25/h1-10,29H,(H,27,30)(H,28,31)/b26-10-. The predicted molar refractivity (Wildman–Crippen MR) is 129 cm³/mol. The molecule has 31 heavy (non-hydrogen) atoms. The summed E-state index contributed by atoms with van der Waals surface area (Å²) in [4.78, 5) is 25.2. The second-order valence-corrected chi connectivity index (χ2v) is 8.76. The lowest BCUT2D eigenvalue weighted by molar-refractivity contribution is 0.0956. The van der Waals surface area contributed by atoms with Crippen molar-refractivity contribution in [3.63, 3.8) is 0 Å². The van der Waals surface area contributed by atoms with E-state index in [-0.39, 0.29) is 27.6 Å². The van der Waals surface area contributed by atoms with E-state index < -0.39 is 11.8 Å². The molecule has 3 rings (SSSR count). The van der Waals surface area contributed by atoms with Crippen molar-refractivity contribution in [1.82, 2.24) is 5.43 Å². The van der Waals surface area contributed by atoms with Crippen molar-refractivity contribution in [2.75, 3.05) is 5.32 Å². The molecule has 0 heterocycles. The number of benzene rings is 3. The van der Waals surface area contributed by atoms with Crippen LogP contribution in [0.25, 0.3) is 0 Å².